The molecule has 0 aromatic heterocycles. The highest BCUT2D eigenvalue weighted by molar-refractivity contribution is 4.72. The number of methoxy groups -OCH3 is 1. The molecule has 0 bridgehead atoms. The average Bonchev–Trinajstić information content (AvgIpc) is 2.22. The second-order valence-corrected chi connectivity index (χ2v) is 3.99. The Morgan fingerprint density at radius 2 is 2.00 bits per heavy atom. The fraction of sp³-hybridized carbons (Fsp3) is 1.00. The Hall–Kier alpha value is -0.160. The molecule has 0 aromatic rings. The van der Waals surface area contributed by atoms with Gasteiger partial charge in [-0.2, -0.15) is 0 Å². The topological polar surface area (TPSA) is 50.7 Å². The summed E-state index contributed by atoms with van der Waals surface area (Å²) in [7, 11) is 1.66. The van der Waals surface area contributed by atoms with Crippen molar-refractivity contribution in [2.75, 3.05) is 40.0 Å². The van der Waals surface area contributed by atoms with Crippen LogP contribution in [0.4, 0.5) is 0 Å². The molecule has 15 heavy (non-hydrogen) atoms. The van der Waals surface area contributed by atoms with E-state index in [1.54, 1.807) is 7.11 Å². The first kappa shape index (κ1) is 14.8. The first-order chi connectivity index (χ1) is 7.12. The maximum Gasteiger partial charge on any atom is 0.0740 e. The summed E-state index contributed by atoms with van der Waals surface area (Å²) in [6.07, 6.45) is 1.73. The quantitative estimate of drug-likeness (QED) is 0.533. The number of hydrogen-bond acceptors (Lipinski definition) is 4. The second-order valence-electron chi connectivity index (χ2n) is 3.99. The normalized spacial score (nSPS) is 15.2. The molecule has 0 aliphatic carbocycles. The highest BCUT2D eigenvalue weighted by atomic mass is 16.5. The molecule has 0 spiro atoms. The van der Waals surface area contributed by atoms with Gasteiger partial charge in [0.2, 0.25) is 0 Å². The van der Waals surface area contributed by atoms with Crippen molar-refractivity contribution < 1.29 is 14.6 Å². The van der Waals surface area contributed by atoms with Gasteiger partial charge in [-0.3, -0.25) is 0 Å². The van der Waals surface area contributed by atoms with Crippen LogP contribution in [0.2, 0.25) is 0 Å². The van der Waals surface area contributed by atoms with Gasteiger partial charge < -0.3 is 19.9 Å². The number of aliphatic hydroxyl groups is 1. The Morgan fingerprint density at radius 1 is 1.27 bits per heavy atom. The van der Waals surface area contributed by atoms with Gasteiger partial charge in [0.15, 0.2) is 0 Å². The number of rotatable bonds is 10. The lowest BCUT2D eigenvalue weighted by atomic mass is 10.0. The summed E-state index contributed by atoms with van der Waals surface area (Å²) in [5.74, 6) is 0. The molecule has 1 atom stereocenters. The molecule has 0 rings (SSSR count). The predicted octanol–water partition coefficient (Wildman–Crippen LogP) is 0.790. The van der Waals surface area contributed by atoms with Crippen LogP contribution in [0.3, 0.4) is 0 Å². The molecule has 2 N–H and O–H groups in total. The minimum atomic E-state index is -0.586. The van der Waals surface area contributed by atoms with E-state index >= 15 is 0 Å². The van der Waals surface area contributed by atoms with Gasteiger partial charge >= 0.3 is 0 Å². The summed E-state index contributed by atoms with van der Waals surface area (Å²) in [6, 6.07) is 0. The van der Waals surface area contributed by atoms with Gasteiger partial charge in [-0.15, -0.1) is 0 Å². The van der Waals surface area contributed by atoms with Crippen molar-refractivity contribution in [3.63, 3.8) is 0 Å². The number of hydrogen-bond donors (Lipinski definition) is 2. The molecule has 0 aliphatic heterocycles. The van der Waals surface area contributed by atoms with Gasteiger partial charge in [0.1, 0.15) is 0 Å². The van der Waals surface area contributed by atoms with Crippen molar-refractivity contribution in [2.45, 2.75) is 32.3 Å². The Labute approximate surface area is 93.0 Å². The Bertz CT molecular complexity index is 140. The summed E-state index contributed by atoms with van der Waals surface area (Å²) in [6.45, 7) is 7.39. The summed E-state index contributed by atoms with van der Waals surface area (Å²) in [5, 5.41) is 12.9. The Balaban J connectivity index is 3.11. The summed E-state index contributed by atoms with van der Waals surface area (Å²) < 4.78 is 10.2. The molecule has 0 amide bonds. The smallest absolute Gasteiger partial charge is 0.0740 e. The van der Waals surface area contributed by atoms with E-state index in [2.05, 4.69) is 5.32 Å². The molecular formula is C11H25NO3. The lowest BCUT2D eigenvalue weighted by Gasteiger charge is -2.21. The predicted molar refractivity (Wildman–Crippen MR) is 61.1 cm³/mol. The molecule has 1 unspecified atom stereocenters. The minimum Gasteiger partial charge on any atom is -0.389 e. The van der Waals surface area contributed by atoms with E-state index < -0.39 is 5.60 Å². The molecule has 4 nitrogen and oxygen atoms in total. The van der Waals surface area contributed by atoms with Gasteiger partial charge in [-0.1, -0.05) is 6.92 Å². The Morgan fingerprint density at radius 3 is 2.60 bits per heavy atom. The zero-order chi connectivity index (χ0) is 11.6. The standard InChI is InChI=1S/C11H25NO3/c1-4-11(2,13)10-12-6-5-7-15-9-8-14-3/h12-13H,4-10H2,1-3H3. The summed E-state index contributed by atoms with van der Waals surface area (Å²) >= 11 is 0. The third kappa shape index (κ3) is 10.1. The maximum atomic E-state index is 9.69. The monoisotopic (exact) mass is 219 g/mol. The van der Waals surface area contributed by atoms with Crippen LogP contribution in [0.5, 0.6) is 0 Å². The van der Waals surface area contributed by atoms with E-state index in [0.29, 0.717) is 19.8 Å². The molecular weight excluding hydrogens is 194 g/mol. The van der Waals surface area contributed by atoms with Gasteiger partial charge in [0.25, 0.3) is 0 Å². The molecule has 0 radical (unpaired) electrons. The maximum absolute atomic E-state index is 9.69. The van der Waals surface area contributed by atoms with Crippen LogP contribution >= 0.6 is 0 Å². The van der Waals surface area contributed by atoms with Crippen LogP contribution in [0.15, 0.2) is 0 Å². The molecule has 92 valence electrons. The largest absolute Gasteiger partial charge is 0.389 e. The van der Waals surface area contributed by atoms with Gasteiger partial charge in [-0.25, -0.2) is 0 Å². The van der Waals surface area contributed by atoms with Crippen LogP contribution in [0.1, 0.15) is 26.7 Å². The van der Waals surface area contributed by atoms with Crippen LogP contribution in [0, 0.1) is 0 Å². The number of nitrogens with one attached hydrogen (secondary N) is 1. The third-order valence-electron chi connectivity index (χ3n) is 2.34. The van der Waals surface area contributed by atoms with E-state index in [1.807, 2.05) is 13.8 Å². The van der Waals surface area contributed by atoms with Gasteiger partial charge in [0, 0.05) is 20.3 Å². The first-order valence-corrected chi connectivity index (χ1v) is 5.62. The molecule has 0 saturated carbocycles. The minimum absolute atomic E-state index is 0.586. The lowest BCUT2D eigenvalue weighted by molar-refractivity contribution is 0.0524. The van der Waals surface area contributed by atoms with Gasteiger partial charge in [-0.05, 0) is 26.3 Å². The van der Waals surface area contributed by atoms with Crippen LogP contribution in [-0.4, -0.2) is 50.7 Å². The highest BCUT2D eigenvalue weighted by Crippen LogP contribution is 2.05. The van der Waals surface area contributed by atoms with E-state index in [4.69, 9.17) is 9.47 Å². The fourth-order valence-electron chi connectivity index (χ4n) is 1.03. The molecule has 0 fully saturated rings. The van der Waals surface area contributed by atoms with Crippen molar-refractivity contribution in [3.8, 4) is 0 Å². The third-order valence-corrected chi connectivity index (χ3v) is 2.34. The lowest BCUT2D eigenvalue weighted by Crippen LogP contribution is -2.37. The Kier molecular flexibility index (Phi) is 9.00. The highest BCUT2D eigenvalue weighted by Gasteiger charge is 2.15. The molecule has 0 saturated heterocycles. The first-order valence-electron chi connectivity index (χ1n) is 5.62. The van der Waals surface area contributed by atoms with Crippen molar-refractivity contribution in [3.05, 3.63) is 0 Å². The molecule has 0 aliphatic rings. The van der Waals surface area contributed by atoms with Crippen molar-refractivity contribution in [1.29, 1.82) is 0 Å². The molecule has 0 aromatic carbocycles. The van der Waals surface area contributed by atoms with E-state index in [9.17, 15) is 5.11 Å². The zero-order valence-corrected chi connectivity index (χ0v) is 10.2. The zero-order valence-electron chi connectivity index (χ0n) is 10.2. The molecule has 4 heteroatoms. The van der Waals surface area contributed by atoms with Crippen LogP contribution in [-0.2, 0) is 9.47 Å². The van der Waals surface area contributed by atoms with Gasteiger partial charge in [0.05, 0.1) is 18.8 Å². The molecule has 0 heterocycles. The van der Waals surface area contributed by atoms with E-state index in [0.717, 1.165) is 26.0 Å². The average molecular weight is 219 g/mol. The van der Waals surface area contributed by atoms with Crippen LogP contribution < -0.4 is 5.32 Å². The summed E-state index contributed by atoms with van der Waals surface area (Å²) in [5.41, 5.74) is -0.586. The van der Waals surface area contributed by atoms with E-state index in [1.165, 1.54) is 0 Å². The summed E-state index contributed by atoms with van der Waals surface area (Å²) in [4.78, 5) is 0. The van der Waals surface area contributed by atoms with E-state index in [-0.39, 0.29) is 0 Å². The van der Waals surface area contributed by atoms with Crippen molar-refractivity contribution in [2.24, 2.45) is 0 Å². The van der Waals surface area contributed by atoms with Crippen molar-refractivity contribution in [1.82, 2.24) is 5.32 Å². The van der Waals surface area contributed by atoms with Crippen molar-refractivity contribution >= 4 is 0 Å². The van der Waals surface area contributed by atoms with Crippen LogP contribution in [0.25, 0.3) is 0 Å². The second kappa shape index (κ2) is 9.09. The SMILES string of the molecule is CCC(C)(O)CNCCCOCCOC. The number of ether oxygens (including phenoxy) is 2. The fourth-order valence-corrected chi connectivity index (χ4v) is 1.03.